The molecule has 0 amide bonds. The number of rotatable bonds is 3. The van der Waals surface area contributed by atoms with Crippen LogP contribution in [0.25, 0.3) is 6.08 Å². The summed E-state index contributed by atoms with van der Waals surface area (Å²) in [6.07, 6.45) is 2.73. The van der Waals surface area contributed by atoms with E-state index in [1.807, 2.05) is 0 Å². The van der Waals surface area contributed by atoms with Crippen molar-refractivity contribution in [1.29, 1.82) is 0 Å². The molecule has 78 valence electrons. The molecule has 0 aliphatic carbocycles. The van der Waals surface area contributed by atoms with Crippen LogP contribution >= 0.6 is 11.6 Å². The second kappa shape index (κ2) is 4.70. The first kappa shape index (κ1) is 11.4. The van der Waals surface area contributed by atoms with Crippen molar-refractivity contribution in [3.63, 3.8) is 0 Å². The Morgan fingerprint density at radius 2 is 2.20 bits per heavy atom. The molecule has 0 saturated heterocycles. The highest BCUT2D eigenvalue weighted by Crippen LogP contribution is 2.18. The largest absolute Gasteiger partial charge is 0.276 e. The Labute approximate surface area is 91.3 Å². The molecule has 1 rings (SSSR count). The van der Waals surface area contributed by atoms with Crippen LogP contribution in [0.2, 0.25) is 0 Å². The summed E-state index contributed by atoms with van der Waals surface area (Å²) in [4.78, 5) is 20.5. The predicted molar refractivity (Wildman–Crippen MR) is 57.7 cm³/mol. The zero-order valence-electron chi connectivity index (χ0n) is 7.94. The van der Waals surface area contributed by atoms with Crippen molar-refractivity contribution in [3.05, 3.63) is 45.5 Å². The number of nitro groups is 1. The van der Waals surface area contributed by atoms with E-state index >= 15 is 0 Å². The van der Waals surface area contributed by atoms with E-state index in [0.717, 1.165) is 11.1 Å². The number of hydrogen-bond donors (Lipinski definition) is 0. The fourth-order valence-corrected chi connectivity index (χ4v) is 1.18. The van der Waals surface area contributed by atoms with Crippen LogP contribution in [0.15, 0.2) is 24.3 Å². The van der Waals surface area contributed by atoms with Crippen molar-refractivity contribution >= 4 is 28.6 Å². The van der Waals surface area contributed by atoms with Gasteiger partial charge in [0.2, 0.25) is 5.24 Å². The maximum Gasteiger partial charge on any atom is 0.269 e. The number of aryl methyl sites for hydroxylation is 1. The van der Waals surface area contributed by atoms with Gasteiger partial charge in [0.15, 0.2) is 0 Å². The minimum atomic E-state index is -0.576. The van der Waals surface area contributed by atoms with E-state index in [1.54, 1.807) is 13.0 Å². The van der Waals surface area contributed by atoms with Gasteiger partial charge in [-0.05, 0) is 47.9 Å². The fraction of sp³-hybridized carbons (Fsp3) is 0.100. The van der Waals surface area contributed by atoms with E-state index in [0.29, 0.717) is 0 Å². The Hall–Kier alpha value is -1.68. The number of carbonyl (C=O) groups excluding carboxylic acids is 1. The van der Waals surface area contributed by atoms with Gasteiger partial charge in [-0.3, -0.25) is 14.9 Å². The molecule has 0 saturated carbocycles. The third-order valence-electron chi connectivity index (χ3n) is 1.86. The van der Waals surface area contributed by atoms with Gasteiger partial charge in [-0.25, -0.2) is 0 Å². The van der Waals surface area contributed by atoms with Gasteiger partial charge >= 0.3 is 0 Å². The Balaban J connectivity index is 3.03. The van der Waals surface area contributed by atoms with Gasteiger partial charge in [0.05, 0.1) is 4.92 Å². The van der Waals surface area contributed by atoms with Crippen molar-refractivity contribution in [2.75, 3.05) is 0 Å². The molecular weight excluding hydrogens is 218 g/mol. The van der Waals surface area contributed by atoms with Crippen LogP contribution in [-0.4, -0.2) is 10.2 Å². The third kappa shape index (κ3) is 3.18. The van der Waals surface area contributed by atoms with Crippen molar-refractivity contribution in [1.82, 2.24) is 0 Å². The fourth-order valence-electron chi connectivity index (χ4n) is 1.12. The van der Waals surface area contributed by atoms with Gasteiger partial charge in [0, 0.05) is 12.1 Å². The highest BCUT2D eigenvalue weighted by atomic mass is 35.5. The zero-order chi connectivity index (χ0) is 11.4. The summed E-state index contributed by atoms with van der Waals surface area (Å²) in [5.41, 5.74) is 1.48. The molecule has 0 heterocycles. The molecule has 0 bridgehead atoms. The van der Waals surface area contributed by atoms with E-state index in [-0.39, 0.29) is 5.69 Å². The van der Waals surface area contributed by atoms with Gasteiger partial charge in [0.1, 0.15) is 0 Å². The minimum Gasteiger partial charge on any atom is -0.276 e. The second-order valence-corrected chi connectivity index (χ2v) is 3.31. The molecule has 0 N–H and O–H groups in total. The minimum absolute atomic E-state index is 0.0295. The van der Waals surface area contributed by atoms with E-state index < -0.39 is 10.2 Å². The van der Waals surface area contributed by atoms with Crippen LogP contribution in [0, 0.1) is 17.0 Å². The number of non-ortho nitro benzene ring substituents is 1. The summed E-state index contributed by atoms with van der Waals surface area (Å²) in [6.45, 7) is 1.73. The summed E-state index contributed by atoms with van der Waals surface area (Å²) in [6, 6.07) is 4.40. The highest BCUT2D eigenvalue weighted by molar-refractivity contribution is 6.66. The number of nitro benzene ring substituents is 1. The summed E-state index contributed by atoms with van der Waals surface area (Å²) >= 11 is 5.13. The van der Waals surface area contributed by atoms with Crippen LogP contribution in [-0.2, 0) is 4.79 Å². The van der Waals surface area contributed by atoms with E-state index in [9.17, 15) is 14.9 Å². The summed E-state index contributed by atoms with van der Waals surface area (Å²) < 4.78 is 0. The van der Waals surface area contributed by atoms with Crippen molar-refractivity contribution in [2.24, 2.45) is 0 Å². The average molecular weight is 226 g/mol. The molecule has 0 spiro atoms. The molecule has 0 aromatic heterocycles. The molecule has 0 atom stereocenters. The number of carbonyl (C=O) groups is 1. The van der Waals surface area contributed by atoms with Crippen molar-refractivity contribution < 1.29 is 9.72 Å². The predicted octanol–water partition coefficient (Wildman–Crippen LogP) is 2.68. The number of halogens is 1. The Bertz CT molecular complexity index is 440. The normalized spacial score (nSPS) is 10.5. The SMILES string of the molecule is Cc1cc([N+](=O)[O-])ccc1/C=C/C(=O)Cl. The van der Waals surface area contributed by atoms with Gasteiger partial charge in [-0.2, -0.15) is 0 Å². The van der Waals surface area contributed by atoms with Gasteiger partial charge in [-0.15, -0.1) is 0 Å². The van der Waals surface area contributed by atoms with Crippen LogP contribution in [0.3, 0.4) is 0 Å². The van der Waals surface area contributed by atoms with Crippen molar-refractivity contribution in [3.8, 4) is 0 Å². The first-order chi connectivity index (χ1) is 7.00. The van der Waals surface area contributed by atoms with Crippen LogP contribution in [0.1, 0.15) is 11.1 Å². The molecule has 0 unspecified atom stereocenters. The molecular formula is C10H8ClNO3. The average Bonchev–Trinajstić information content (AvgIpc) is 2.15. The lowest BCUT2D eigenvalue weighted by molar-refractivity contribution is -0.384. The monoisotopic (exact) mass is 225 g/mol. The van der Waals surface area contributed by atoms with Crippen LogP contribution in [0.5, 0.6) is 0 Å². The quantitative estimate of drug-likeness (QED) is 0.344. The lowest BCUT2D eigenvalue weighted by atomic mass is 10.1. The smallest absolute Gasteiger partial charge is 0.269 e. The molecule has 0 aliphatic heterocycles. The Morgan fingerprint density at radius 3 is 2.67 bits per heavy atom. The zero-order valence-corrected chi connectivity index (χ0v) is 8.69. The molecule has 15 heavy (non-hydrogen) atoms. The first-order valence-corrected chi connectivity index (χ1v) is 4.51. The summed E-state index contributed by atoms with van der Waals surface area (Å²) in [5, 5.41) is 9.87. The number of benzene rings is 1. The number of allylic oxidation sites excluding steroid dienone is 1. The summed E-state index contributed by atoms with van der Waals surface area (Å²) in [5.74, 6) is 0. The third-order valence-corrected chi connectivity index (χ3v) is 1.98. The van der Waals surface area contributed by atoms with E-state index in [4.69, 9.17) is 11.6 Å². The molecule has 4 nitrogen and oxygen atoms in total. The topological polar surface area (TPSA) is 60.2 Å². The molecule has 1 aromatic rings. The Kier molecular flexibility index (Phi) is 3.57. The van der Waals surface area contributed by atoms with Gasteiger partial charge in [-0.1, -0.05) is 0 Å². The number of nitrogens with zero attached hydrogens (tertiary/aromatic N) is 1. The number of hydrogen-bond acceptors (Lipinski definition) is 3. The van der Waals surface area contributed by atoms with E-state index in [2.05, 4.69) is 0 Å². The van der Waals surface area contributed by atoms with Crippen LogP contribution in [0.4, 0.5) is 5.69 Å². The highest BCUT2D eigenvalue weighted by Gasteiger charge is 2.06. The van der Waals surface area contributed by atoms with Crippen molar-refractivity contribution in [2.45, 2.75) is 6.92 Å². The maximum atomic E-state index is 10.5. The first-order valence-electron chi connectivity index (χ1n) is 4.13. The second-order valence-electron chi connectivity index (χ2n) is 2.94. The molecule has 5 heteroatoms. The maximum absolute atomic E-state index is 10.5. The Morgan fingerprint density at radius 1 is 1.53 bits per heavy atom. The van der Waals surface area contributed by atoms with E-state index in [1.165, 1.54) is 24.3 Å². The molecule has 0 aliphatic rings. The van der Waals surface area contributed by atoms with Crippen LogP contribution < -0.4 is 0 Å². The molecule has 0 fully saturated rings. The molecule has 1 aromatic carbocycles. The lowest BCUT2D eigenvalue weighted by Gasteiger charge is -1.99. The summed E-state index contributed by atoms with van der Waals surface area (Å²) in [7, 11) is 0. The van der Waals surface area contributed by atoms with Gasteiger partial charge < -0.3 is 0 Å². The molecule has 0 radical (unpaired) electrons. The lowest BCUT2D eigenvalue weighted by Crippen LogP contribution is -1.90. The van der Waals surface area contributed by atoms with Gasteiger partial charge in [0.25, 0.3) is 5.69 Å². The standard InChI is InChI=1S/C10H8ClNO3/c1-7-6-9(12(14)15)4-2-8(7)3-5-10(11)13/h2-6H,1H3/b5-3+.